The van der Waals surface area contributed by atoms with Gasteiger partial charge in [0.05, 0.1) is 39.9 Å². The molecule has 1 aliphatic rings. The van der Waals surface area contributed by atoms with Crippen LogP contribution in [0.15, 0.2) is 79.0 Å². The molecule has 0 bridgehead atoms. The number of fused-ring (bicyclic) bond motifs is 1. The second-order valence-corrected chi connectivity index (χ2v) is 13.2. The number of carbonyl (C=O) groups is 1. The number of likely N-dealkylation sites (N-methyl/N-ethyl adjacent to an activating group) is 1. The normalized spacial score (nSPS) is 14.8. The van der Waals surface area contributed by atoms with Crippen molar-refractivity contribution in [1.29, 1.82) is 0 Å². The molecule has 1 N–H and O–H groups in total. The molecule has 2 aromatic heterocycles. The standard InChI is InChI=1S/C37H42Cl2N8O2/c1-4-5-18-47-34-10-7-6-9-32(34)41-37(47)46-17-8-16-45(20-21-46)19-15-28(26-11-13-30(38)31(39)23-26)25-44(2)36(48)29-22-27(12-14-35(29)49-3)33-24-40-43-42-33/h4-7,9-14,22-24,28H,8,15-21,25H2,1-3H3,(H,40,42,43). The maximum absolute atomic E-state index is 13.9. The minimum atomic E-state index is -0.140. The average molecular weight is 702 g/mol. The number of para-hydroxylation sites is 2. The SMILES string of the molecule is CC=CCn1c(N2CCCN(CCC(CN(C)C(=O)c3cc(-c4cn[nH]n4)ccc3OC)c3ccc(Cl)c(Cl)c3)CC2)nc2ccccc21. The monoisotopic (exact) mass is 700 g/mol. The molecule has 1 unspecified atom stereocenters. The highest BCUT2D eigenvalue weighted by atomic mass is 35.5. The molecule has 1 fully saturated rings. The van der Waals surface area contributed by atoms with E-state index in [0.717, 1.165) is 80.2 Å². The average Bonchev–Trinajstić information content (AvgIpc) is 3.73. The lowest BCUT2D eigenvalue weighted by atomic mass is 9.94. The summed E-state index contributed by atoms with van der Waals surface area (Å²) < 4.78 is 7.90. The maximum Gasteiger partial charge on any atom is 0.257 e. The number of imidazole rings is 1. The number of anilines is 1. The summed E-state index contributed by atoms with van der Waals surface area (Å²) in [4.78, 5) is 25.7. The number of hydrogen-bond donors (Lipinski definition) is 1. The highest BCUT2D eigenvalue weighted by molar-refractivity contribution is 6.42. The Kier molecular flexibility index (Phi) is 11.2. The summed E-state index contributed by atoms with van der Waals surface area (Å²) in [5.41, 5.74) is 5.12. The molecule has 12 heteroatoms. The molecule has 10 nitrogen and oxygen atoms in total. The Hall–Kier alpha value is -4.38. The van der Waals surface area contributed by atoms with E-state index < -0.39 is 0 Å². The number of aromatic amines is 1. The third-order valence-corrected chi connectivity index (χ3v) is 9.96. The van der Waals surface area contributed by atoms with E-state index in [1.807, 2.05) is 37.4 Å². The van der Waals surface area contributed by atoms with E-state index in [1.165, 1.54) is 0 Å². The number of amides is 1. The van der Waals surface area contributed by atoms with Gasteiger partial charge in [-0.05, 0) is 80.9 Å². The number of rotatable bonds is 12. The van der Waals surface area contributed by atoms with Crippen LogP contribution in [-0.4, -0.2) is 94.1 Å². The number of halogens is 2. The highest BCUT2D eigenvalue weighted by Crippen LogP contribution is 2.31. The number of allylic oxidation sites excluding steroid dienone is 2. The Morgan fingerprint density at radius 3 is 2.69 bits per heavy atom. The largest absolute Gasteiger partial charge is 0.496 e. The molecule has 1 aliphatic heterocycles. The maximum atomic E-state index is 13.9. The van der Waals surface area contributed by atoms with Crippen molar-refractivity contribution < 1.29 is 9.53 Å². The number of benzene rings is 3. The summed E-state index contributed by atoms with van der Waals surface area (Å²) in [6.07, 6.45) is 7.76. The Bertz CT molecular complexity index is 1910. The van der Waals surface area contributed by atoms with Gasteiger partial charge in [-0.1, -0.05) is 53.6 Å². The van der Waals surface area contributed by atoms with Gasteiger partial charge in [-0.15, -0.1) is 0 Å². The van der Waals surface area contributed by atoms with Gasteiger partial charge in [-0.3, -0.25) is 4.79 Å². The molecular formula is C37H42Cl2N8O2. The van der Waals surface area contributed by atoms with E-state index in [-0.39, 0.29) is 11.8 Å². The second kappa shape index (κ2) is 15.9. The van der Waals surface area contributed by atoms with Gasteiger partial charge in [0.25, 0.3) is 5.91 Å². The zero-order chi connectivity index (χ0) is 34.3. The minimum Gasteiger partial charge on any atom is -0.496 e. The third kappa shape index (κ3) is 7.93. The lowest BCUT2D eigenvalue weighted by molar-refractivity contribution is 0.0779. The lowest BCUT2D eigenvalue weighted by Gasteiger charge is -2.28. The smallest absolute Gasteiger partial charge is 0.257 e. The number of ether oxygens (including phenoxy) is 1. The molecule has 0 aliphatic carbocycles. The number of aromatic nitrogens is 5. The Morgan fingerprint density at radius 1 is 1.06 bits per heavy atom. The van der Waals surface area contributed by atoms with Crippen molar-refractivity contribution in [2.45, 2.75) is 32.2 Å². The van der Waals surface area contributed by atoms with E-state index in [4.69, 9.17) is 32.9 Å². The van der Waals surface area contributed by atoms with Crippen molar-refractivity contribution in [1.82, 2.24) is 34.8 Å². The van der Waals surface area contributed by atoms with Gasteiger partial charge in [0.1, 0.15) is 11.4 Å². The number of nitrogens with zero attached hydrogens (tertiary/aromatic N) is 7. The predicted molar refractivity (Wildman–Crippen MR) is 197 cm³/mol. The molecule has 0 spiro atoms. The molecule has 1 amide bonds. The van der Waals surface area contributed by atoms with Gasteiger partial charge >= 0.3 is 0 Å². The molecule has 6 rings (SSSR count). The molecule has 1 atom stereocenters. The quantitative estimate of drug-likeness (QED) is 0.138. The zero-order valence-electron chi connectivity index (χ0n) is 28.1. The summed E-state index contributed by atoms with van der Waals surface area (Å²) >= 11 is 12.8. The number of methoxy groups -OCH3 is 1. The van der Waals surface area contributed by atoms with Crippen molar-refractivity contribution >= 4 is 46.1 Å². The summed E-state index contributed by atoms with van der Waals surface area (Å²) in [5.74, 6) is 1.41. The molecule has 3 heterocycles. The van der Waals surface area contributed by atoms with Crippen molar-refractivity contribution in [3.8, 4) is 17.0 Å². The van der Waals surface area contributed by atoms with Gasteiger partial charge in [-0.2, -0.15) is 15.4 Å². The molecule has 49 heavy (non-hydrogen) atoms. The van der Waals surface area contributed by atoms with Crippen LogP contribution in [0.5, 0.6) is 5.75 Å². The van der Waals surface area contributed by atoms with Crippen molar-refractivity contribution in [3.05, 3.63) is 100 Å². The number of nitrogens with one attached hydrogen (secondary N) is 1. The van der Waals surface area contributed by atoms with Gasteiger partial charge in [0, 0.05) is 51.3 Å². The van der Waals surface area contributed by atoms with Crippen LogP contribution in [0.4, 0.5) is 5.95 Å². The Morgan fingerprint density at radius 2 is 1.92 bits per heavy atom. The first-order valence-electron chi connectivity index (χ1n) is 16.6. The third-order valence-electron chi connectivity index (χ3n) is 9.22. The molecule has 5 aromatic rings. The van der Waals surface area contributed by atoms with Crippen LogP contribution < -0.4 is 9.64 Å². The van der Waals surface area contributed by atoms with Crippen LogP contribution in [-0.2, 0) is 6.54 Å². The molecule has 1 saturated heterocycles. The molecule has 3 aromatic carbocycles. The topological polar surface area (TPSA) is 95.4 Å². The predicted octanol–water partition coefficient (Wildman–Crippen LogP) is 7.17. The number of hydrogen-bond acceptors (Lipinski definition) is 7. The fourth-order valence-corrected chi connectivity index (χ4v) is 6.86. The Labute approximate surface area is 297 Å². The van der Waals surface area contributed by atoms with Gasteiger partial charge in [-0.25, -0.2) is 4.98 Å². The van der Waals surface area contributed by atoms with Gasteiger partial charge in [0.2, 0.25) is 5.95 Å². The van der Waals surface area contributed by atoms with Crippen molar-refractivity contribution in [2.24, 2.45) is 0 Å². The number of H-pyrrole nitrogens is 1. The van der Waals surface area contributed by atoms with E-state index in [1.54, 1.807) is 30.3 Å². The van der Waals surface area contributed by atoms with Crippen molar-refractivity contribution in [3.63, 3.8) is 0 Å². The van der Waals surface area contributed by atoms with Crippen LogP contribution >= 0.6 is 23.2 Å². The lowest BCUT2D eigenvalue weighted by Crippen LogP contribution is -2.35. The van der Waals surface area contributed by atoms with Crippen molar-refractivity contribution in [2.75, 3.05) is 58.3 Å². The molecule has 0 saturated carbocycles. The van der Waals surface area contributed by atoms with E-state index in [0.29, 0.717) is 33.6 Å². The minimum absolute atomic E-state index is 0.0258. The summed E-state index contributed by atoms with van der Waals surface area (Å²) in [6.45, 7) is 7.94. The van der Waals surface area contributed by atoms with Crippen LogP contribution in [0.25, 0.3) is 22.3 Å². The van der Waals surface area contributed by atoms with Gasteiger partial charge < -0.3 is 24.0 Å². The molecular weight excluding hydrogens is 659 g/mol. The second-order valence-electron chi connectivity index (χ2n) is 12.4. The first-order valence-corrected chi connectivity index (χ1v) is 17.4. The first-order chi connectivity index (χ1) is 23.9. The zero-order valence-corrected chi connectivity index (χ0v) is 29.7. The van der Waals surface area contributed by atoms with Gasteiger partial charge in [0.15, 0.2) is 0 Å². The molecule has 256 valence electrons. The fraction of sp³-hybridized carbons (Fsp3) is 0.351. The summed E-state index contributed by atoms with van der Waals surface area (Å²) in [5, 5.41) is 11.7. The summed E-state index contributed by atoms with van der Waals surface area (Å²) in [7, 11) is 3.40. The van der Waals surface area contributed by atoms with Crippen LogP contribution in [0, 0.1) is 0 Å². The van der Waals surface area contributed by atoms with E-state index >= 15 is 0 Å². The van der Waals surface area contributed by atoms with E-state index in [9.17, 15) is 4.79 Å². The number of carbonyl (C=O) groups excluding carboxylic acids is 1. The summed E-state index contributed by atoms with van der Waals surface area (Å²) in [6, 6.07) is 19.6. The van der Waals surface area contributed by atoms with E-state index in [2.05, 4.69) is 67.1 Å². The highest BCUT2D eigenvalue weighted by Gasteiger charge is 2.25. The van der Waals surface area contributed by atoms with Crippen LogP contribution in [0.1, 0.15) is 41.6 Å². The first kappa shape index (κ1) is 34.5. The van der Waals surface area contributed by atoms with Crippen LogP contribution in [0.3, 0.4) is 0 Å². The van der Waals surface area contributed by atoms with Crippen LogP contribution in [0.2, 0.25) is 10.0 Å². The fourth-order valence-electron chi connectivity index (χ4n) is 6.55. The molecule has 0 radical (unpaired) electrons. The Balaban J connectivity index is 1.17.